The Morgan fingerprint density at radius 2 is 0.787 bits per heavy atom. The molecule has 12 rings (SSSR count). The highest BCUT2D eigenvalue weighted by Crippen LogP contribution is 2.58. The summed E-state index contributed by atoms with van der Waals surface area (Å²) in [5, 5.41) is 0. The zero-order chi connectivity index (χ0) is 40.7. The van der Waals surface area contributed by atoms with Crippen LogP contribution < -0.4 is 14.4 Å². The molecule has 9 aromatic carbocycles. The molecule has 0 saturated carbocycles. The average molecular weight is 784 g/mol. The molecular weight excluding hydrogens is 743 g/mol. The molecule has 0 amide bonds. The van der Waals surface area contributed by atoms with Gasteiger partial charge in [0.2, 0.25) is 0 Å². The van der Waals surface area contributed by atoms with Crippen LogP contribution in [0.4, 0.5) is 17.1 Å². The van der Waals surface area contributed by atoms with E-state index in [1.807, 2.05) is 24.3 Å². The first-order valence-electron chi connectivity index (χ1n) is 21.1. The Labute approximate surface area is 356 Å². The van der Waals surface area contributed by atoms with Crippen molar-refractivity contribution in [3.8, 4) is 56.4 Å². The second-order valence-corrected chi connectivity index (χ2v) is 16.8. The van der Waals surface area contributed by atoms with Gasteiger partial charge in [-0.15, -0.1) is 0 Å². The Morgan fingerprint density at radius 3 is 1.44 bits per heavy atom. The normalized spacial score (nSPS) is 14.3. The summed E-state index contributed by atoms with van der Waals surface area (Å²) in [5.74, 6) is 2.88. The summed E-state index contributed by atoms with van der Waals surface area (Å²) < 4.78 is 12.8. The van der Waals surface area contributed by atoms with Gasteiger partial charge in [-0.3, -0.25) is 0 Å². The van der Waals surface area contributed by atoms with Gasteiger partial charge in [-0.05, 0) is 127 Å². The number of benzene rings is 9. The number of hydrogen-bond acceptors (Lipinski definition) is 3. The van der Waals surface area contributed by atoms with Crippen molar-refractivity contribution in [2.24, 2.45) is 0 Å². The maximum absolute atomic E-state index is 6.51. The van der Waals surface area contributed by atoms with Crippen molar-refractivity contribution < 1.29 is 9.47 Å². The van der Waals surface area contributed by atoms with Crippen molar-refractivity contribution in [3.05, 3.63) is 246 Å². The molecule has 3 nitrogen and oxygen atoms in total. The van der Waals surface area contributed by atoms with Gasteiger partial charge in [0.05, 0.1) is 5.41 Å². The van der Waals surface area contributed by atoms with Gasteiger partial charge in [0, 0.05) is 22.5 Å². The van der Waals surface area contributed by atoms with E-state index >= 15 is 0 Å². The Bertz CT molecular complexity index is 3120. The second-order valence-electron chi connectivity index (χ2n) is 16.8. The largest absolute Gasteiger partial charge is 0.450 e. The molecule has 0 N–H and O–H groups in total. The van der Waals surface area contributed by atoms with E-state index in [9.17, 15) is 0 Å². The first-order chi connectivity index (χ1) is 30.0. The highest BCUT2D eigenvalue weighted by Gasteiger charge is 2.46. The van der Waals surface area contributed by atoms with Crippen LogP contribution in [0.1, 0.15) is 47.2 Å². The average Bonchev–Trinajstić information content (AvgIpc) is 3.74. The van der Waals surface area contributed by atoms with Crippen molar-refractivity contribution in [2.45, 2.75) is 24.7 Å². The lowest BCUT2D eigenvalue weighted by Gasteiger charge is -2.34. The van der Waals surface area contributed by atoms with Crippen LogP contribution in [-0.2, 0) is 10.8 Å². The van der Waals surface area contributed by atoms with E-state index in [1.54, 1.807) is 0 Å². The van der Waals surface area contributed by atoms with Crippen molar-refractivity contribution in [3.63, 3.8) is 0 Å². The molecule has 9 aromatic rings. The minimum absolute atomic E-state index is 0.0874. The third kappa shape index (κ3) is 5.30. The molecule has 61 heavy (non-hydrogen) atoms. The standard InChI is InChI=1S/C58H41NO2/c1-57(2)49-19-9-6-16-45(49)48-34-33-44(37-52(48)57)59(42-14-4-3-5-15-42)43-31-26-39(27-32-43)38-24-28-40(29-25-38)58(50-20-10-7-17-46(50)47-18-8-11-21-51(47)58)41-30-35-55-56(36-41)61-54-23-13-12-22-53(54)60-55/h3-37H,1-2H3. The zero-order valence-electron chi connectivity index (χ0n) is 34.0. The van der Waals surface area contributed by atoms with Crippen LogP contribution in [0.3, 0.4) is 0 Å². The highest BCUT2D eigenvalue weighted by molar-refractivity contribution is 5.88. The fourth-order valence-corrected chi connectivity index (χ4v) is 10.4. The van der Waals surface area contributed by atoms with Gasteiger partial charge in [0.15, 0.2) is 23.0 Å². The third-order valence-corrected chi connectivity index (χ3v) is 13.2. The topological polar surface area (TPSA) is 21.7 Å². The molecule has 3 aliphatic rings. The van der Waals surface area contributed by atoms with Crippen molar-refractivity contribution in [1.82, 2.24) is 0 Å². The number of fused-ring (bicyclic) bond motifs is 8. The second kappa shape index (κ2) is 13.5. The van der Waals surface area contributed by atoms with Gasteiger partial charge in [-0.25, -0.2) is 0 Å². The number of anilines is 3. The summed E-state index contributed by atoms with van der Waals surface area (Å²) >= 11 is 0. The Balaban J connectivity index is 0.933. The van der Waals surface area contributed by atoms with Gasteiger partial charge >= 0.3 is 0 Å². The molecule has 0 saturated heterocycles. The fourth-order valence-electron chi connectivity index (χ4n) is 10.4. The van der Waals surface area contributed by atoms with Crippen LogP contribution in [0.25, 0.3) is 33.4 Å². The van der Waals surface area contributed by atoms with E-state index in [0.717, 1.165) is 45.3 Å². The number of ether oxygens (including phenoxy) is 2. The lowest BCUT2D eigenvalue weighted by atomic mass is 9.67. The molecule has 290 valence electrons. The quantitative estimate of drug-likeness (QED) is 0.168. The predicted octanol–water partition coefficient (Wildman–Crippen LogP) is 15.4. The van der Waals surface area contributed by atoms with Crippen LogP contribution in [0.5, 0.6) is 23.0 Å². The summed E-state index contributed by atoms with van der Waals surface area (Å²) in [6, 6.07) is 76.6. The number of para-hydroxylation sites is 3. The van der Waals surface area contributed by atoms with Gasteiger partial charge < -0.3 is 14.4 Å². The van der Waals surface area contributed by atoms with Crippen molar-refractivity contribution >= 4 is 17.1 Å². The van der Waals surface area contributed by atoms with Gasteiger partial charge in [-0.2, -0.15) is 0 Å². The Morgan fingerprint density at radius 1 is 0.328 bits per heavy atom. The third-order valence-electron chi connectivity index (χ3n) is 13.2. The summed E-state index contributed by atoms with van der Waals surface area (Å²) in [7, 11) is 0. The smallest absolute Gasteiger partial charge is 0.170 e. The predicted molar refractivity (Wildman–Crippen MR) is 248 cm³/mol. The molecule has 1 heterocycles. The fraction of sp³-hybridized carbons (Fsp3) is 0.0690. The molecule has 0 bridgehead atoms. The lowest BCUT2D eigenvalue weighted by Crippen LogP contribution is -2.28. The van der Waals surface area contributed by atoms with E-state index in [4.69, 9.17) is 9.47 Å². The van der Waals surface area contributed by atoms with Gasteiger partial charge in [0.25, 0.3) is 0 Å². The minimum atomic E-state index is -0.576. The molecule has 0 unspecified atom stereocenters. The molecule has 0 atom stereocenters. The molecule has 0 fully saturated rings. The molecule has 0 radical (unpaired) electrons. The van der Waals surface area contributed by atoms with Crippen LogP contribution in [0.15, 0.2) is 212 Å². The number of rotatable bonds is 6. The Hall–Kier alpha value is -7.62. The van der Waals surface area contributed by atoms with E-state index in [1.165, 1.54) is 50.1 Å². The monoisotopic (exact) mass is 783 g/mol. The highest BCUT2D eigenvalue weighted by atomic mass is 16.6. The number of hydrogen-bond donors (Lipinski definition) is 0. The zero-order valence-corrected chi connectivity index (χ0v) is 34.0. The Kier molecular flexibility index (Phi) is 7.79. The van der Waals surface area contributed by atoms with Crippen LogP contribution in [0, 0.1) is 0 Å². The van der Waals surface area contributed by atoms with Crippen LogP contribution in [-0.4, -0.2) is 0 Å². The molecule has 3 heteroatoms. The van der Waals surface area contributed by atoms with E-state index < -0.39 is 5.41 Å². The first-order valence-corrected chi connectivity index (χ1v) is 21.1. The maximum Gasteiger partial charge on any atom is 0.170 e. The maximum atomic E-state index is 6.51. The summed E-state index contributed by atoms with van der Waals surface area (Å²) in [6.07, 6.45) is 0. The number of nitrogens with zero attached hydrogens (tertiary/aromatic N) is 1. The van der Waals surface area contributed by atoms with Crippen molar-refractivity contribution in [1.29, 1.82) is 0 Å². The van der Waals surface area contributed by atoms with E-state index in [-0.39, 0.29) is 5.41 Å². The van der Waals surface area contributed by atoms with E-state index in [2.05, 4.69) is 207 Å². The molecular formula is C58H41NO2. The summed E-state index contributed by atoms with van der Waals surface area (Å²) in [4.78, 5) is 2.37. The minimum Gasteiger partial charge on any atom is -0.450 e. The summed E-state index contributed by atoms with van der Waals surface area (Å²) in [6.45, 7) is 4.69. The molecule has 1 aliphatic heterocycles. The van der Waals surface area contributed by atoms with Crippen molar-refractivity contribution in [2.75, 3.05) is 4.90 Å². The summed E-state index contributed by atoms with van der Waals surface area (Å²) in [5.41, 5.74) is 17.8. The molecule has 0 spiro atoms. The molecule has 2 aliphatic carbocycles. The SMILES string of the molecule is CC1(C)c2ccccc2-c2ccc(N(c3ccccc3)c3ccc(-c4ccc(C5(c6ccc7c(c6)Oc6ccccc6O7)c6ccccc6-c6ccccc65)cc4)cc3)cc21. The first kappa shape index (κ1) is 35.3. The van der Waals surface area contributed by atoms with Gasteiger partial charge in [-0.1, -0.05) is 166 Å². The van der Waals surface area contributed by atoms with Crippen LogP contribution in [0.2, 0.25) is 0 Å². The van der Waals surface area contributed by atoms with Crippen LogP contribution >= 0.6 is 0 Å². The molecule has 0 aromatic heterocycles. The lowest BCUT2D eigenvalue weighted by molar-refractivity contribution is 0.359. The van der Waals surface area contributed by atoms with E-state index in [0.29, 0.717) is 11.5 Å². The van der Waals surface area contributed by atoms with Gasteiger partial charge in [0.1, 0.15) is 0 Å².